The molecule has 12 aromatic rings. The third-order valence-electron chi connectivity index (χ3n) is 18.8. The first-order chi connectivity index (χ1) is 43.7. The number of imidazole rings is 3. The Balaban J connectivity index is 0.000000119. The Labute approximate surface area is 523 Å². The summed E-state index contributed by atoms with van der Waals surface area (Å²) < 4.78 is 50.5. The Hall–Kier alpha value is -9.61. The van der Waals surface area contributed by atoms with Crippen molar-refractivity contribution in [2.45, 2.75) is 85.2 Å². The average molecular weight is 1230 g/mol. The second-order valence-electron chi connectivity index (χ2n) is 25.7. The largest absolute Gasteiger partial charge is 0.391 e. The van der Waals surface area contributed by atoms with Crippen molar-refractivity contribution >= 4 is 61.3 Å². The van der Waals surface area contributed by atoms with E-state index in [1.807, 2.05) is 127 Å². The second-order valence-corrected chi connectivity index (χ2v) is 25.7. The molecule has 2 saturated heterocycles. The number of aromatic nitrogens is 15. The molecule has 2 unspecified atom stereocenters. The van der Waals surface area contributed by atoms with Gasteiger partial charge in [0.1, 0.15) is 17.5 Å². The van der Waals surface area contributed by atoms with Gasteiger partial charge < -0.3 is 24.9 Å². The molecule has 9 aromatic heterocycles. The lowest BCUT2D eigenvalue weighted by Crippen LogP contribution is -2.50. The van der Waals surface area contributed by atoms with Crippen LogP contribution in [0.25, 0.3) is 83.4 Å². The number of anilines is 2. The second kappa shape index (κ2) is 23.0. The minimum absolute atomic E-state index is 0.161. The van der Waals surface area contributed by atoms with E-state index in [0.29, 0.717) is 84.4 Å². The molecular formula is C68H71F3N20. The van der Waals surface area contributed by atoms with Gasteiger partial charge in [0, 0.05) is 83.1 Å². The van der Waals surface area contributed by atoms with Crippen LogP contribution in [0.1, 0.15) is 71.6 Å². The van der Waals surface area contributed by atoms with Crippen LogP contribution < -0.4 is 15.1 Å². The van der Waals surface area contributed by atoms with E-state index >= 15 is 8.78 Å². The number of hydrogen-bond acceptors (Lipinski definition) is 17. The number of fused-ring (bicyclic) bond motifs is 7. The van der Waals surface area contributed by atoms with Gasteiger partial charge in [-0.15, -0.1) is 20.4 Å². The molecule has 3 aromatic carbocycles. The van der Waals surface area contributed by atoms with Crippen molar-refractivity contribution in [1.82, 2.24) is 89.5 Å². The number of hydrogen-bond donors (Lipinski definition) is 1. The van der Waals surface area contributed by atoms with Crippen LogP contribution >= 0.6 is 0 Å². The molecule has 3 fully saturated rings. The third kappa shape index (κ3) is 11.3. The minimum Gasteiger partial charge on any atom is -0.391 e. The van der Waals surface area contributed by atoms with Crippen molar-refractivity contribution in [1.29, 1.82) is 0 Å². The summed E-state index contributed by atoms with van der Waals surface area (Å²) in [5.41, 5.74) is 14.7. The third-order valence-corrected chi connectivity index (χ3v) is 18.8. The fourth-order valence-corrected chi connectivity index (χ4v) is 13.4. The zero-order valence-corrected chi connectivity index (χ0v) is 52.9. The average Bonchev–Trinajstić information content (AvgIpc) is 1.58. The van der Waals surface area contributed by atoms with E-state index in [0.717, 1.165) is 120 Å². The maximum atomic E-state index is 15.2. The highest BCUT2D eigenvalue weighted by Crippen LogP contribution is 2.49. The summed E-state index contributed by atoms with van der Waals surface area (Å²) in [5.74, 6) is 2.07. The van der Waals surface area contributed by atoms with Gasteiger partial charge in [0.05, 0.1) is 75.0 Å². The van der Waals surface area contributed by atoms with Crippen LogP contribution in [0.2, 0.25) is 0 Å². The van der Waals surface area contributed by atoms with Crippen molar-refractivity contribution in [2.75, 3.05) is 70.7 Å². The summed E-state index contributed by atoms with van der Waals surface area (Å²) in [6.45, 7) is 18.6. The number of nitrogens with one attached hydrogen (secondary N) is 1. The van der Waals surface area contributed by atoms with Crippen LogP contribution in [0.5, 0.6) is 0 Å². The molecule has 16 rings (SSSR count). The van der Waals surface area contributed by atoms with Gasteiger partial charge in [0.25, 0.3) is 0 Å². The van der Waals surface area contributed by atoms with Gasteiger partial charge in [-0.25, -0.2) is 41.7 Å². The van der Waals surface area contributed by atoms with Crippen LogP contribution in [0, 0.1) is 70.8 Å². The lowest BCUT2D eigenvalue weighted by molar-refractivity contribution is 0.137. The molecule has 12 heterocycles. The number of aryl methyl sites for hydroxylation is 6. The van der Waals surface area contributed by atoms with E-state index in [1.165, 1.54) is 18.2 Å². The molecule has 1 N–H and O–H groups in total. The zero-order chi connectivity index (χ0) is 63.3. The fourth-order valence-electron chi connectivity index (χ4n) is 13.4. The first-order valence-corrected chi connectivity index (χ1v) is 30.9. The van der Waals surface area contributed by atoms with E-state index in [1.54, 1.807) is 13.5 Å². The monoisotopic (exact) mass is 1220 g/mol. The standard InChI is InChI=1S/C24H28FN7.C23H24FN7.C21H19FN6/c1-15-10-20(29-32-14-16(2)26-23(15)32)17-11-19(25)18-13-22(28-27-21(18)12-17)31-8-6-24(3,7-9-31)30(4)5;1-12-5-19(28-31-9-13(2)25-23(12)31)14-6-18(24)15-8-21(27-26-20(15)7-14)30-10-16-17(11-30)22(16)29(3)4;1-12-7-19(27-28-11-13(2)24-21(12)28)15-8-17(22)16-10-18(25-26-20(16)9-15)14-3-5-23-6-4-14/h10-14H,6-9H2,1-5H3;5-9,16-17,22H,10-11H2,1-4H3;3,5,7-11,14,23H,4,6H2,1-2H3/t;16-,17+,22?;. The zero-order valence-electron chi connectivity index (χ0n) is 52.9. The molecule has 20 nitrogen and oxygen atoms in total. The Morgan fingerprint density at radius 3 is 1.33 bits per heavy atom. The minimum atomic E-state index is -0.317. The summed E-state index contributed by atoms with van der Waals surface area (Å²) in [6.07, 6.45) is 12.5. The summed E-state index contributed by atoms with van der Waals surface area (Å²) in [6, 6.07) is 22.0. The molecule has 4 atom stereocenters. The molecule has 1 aliphatic carbocycles. The Morgan fingerprint density at radius 2 is 0.923 bits per heavy atom. The maximum Gasteiger partial charge on any atom is 0.156 e. The lowest BCUT2D eigenvalue weighted by Gasteiger charge is -2.44. The predicted octanol–water partition coefficient (Wildman–Crippen LogP) is 10.8. The van der Waals surface area contributed by atoms with E-state index in [4.69, 9.17) is 0 Å². The van der Waals surface area contributed by atoms with Crippen LogP contribution in [0.4, 0.5) is 24.8 Å². The molecule has 0 bridgehead atoms. The van der Waals surface area contributed by atoms with Crippen molar-refractivity contribution in [3.05, 3.63) is 161 Å². The van der Waals surface area contributed by atoms with E-state index in [9.17, 15) is 4.39 Å². The Bertz CT molecular complexity index is 4860. The quantitative estimate of drug-likeness (QED) is 0.151. The number of allylic oxidation sites excluding steroid dienone is 1. The molecule has 0 amide bonds. The summed E-state index contributed by atoms with van der Waals surface area (Å²) in [7, 11) is 8.53. The molecule has 1 saturated carbocycles. The topological polar surface area (TPSA) is 193 Å². The van der Waals surface area contributed by atoms with Gasteiger partial charge in [-0.3, -0.25) is 0 Å². The van der Waals surface area contributed by atoms with Crippen molar-refractivity contribution in [2.24, 2.45) is 11.8 Å². The molecule has 3 aliphatic heterocycles. The van der Waals surface area contributed by atoms with Crippen LogP contribution in [0.3, 0.4) is 0 Å². The number of piperidine rings is 2. The van der Waals surface area contributed by atoms with Gasteiger partial charge in [-0.1, -0.05) is 6.08 Å². The summed E-state index contributed by atoms with van der Waals surface area (Å²) in [4.78, 5) is 22.5. The normalized spacial score (nSPS) is 18.6. The van der Waals surface area contributed by atoms with E-state index in [2.05, 4.69) is 121 Å². The number of nitrogens with zero attached hydrogens (tertiary/aromatic N) is 19. The highest BCUT2D eigenvalue weighted by Gasteiger charge is 2.57. The number of rotatable bonds is 8. The van der Waals surface area contributed by atoms with Gasteiger partial charge in [0.15, 0.2) is 28.6 Å². The van der Waals surface area contributed by atoms with Gasteiger partial charge in [-0.2, -0.15) is 25.5 Å². The van der Waals surface area contributed by atoms with Gasteiger partial charge in [-0.05, 0) is 203 Å². The summed E-state index contributed by atoms with van der Waals surface area (Å²) in [5, 5.41) is 44.7. The molecule has 4 aliphatic rings. The number of benzene rings is 3. The lowest BCUT2D eigenvalue weighted by atomic mass is 9.88. The van der Waals surface area contributed by atoms with Crippen LogP contribution in [-0.2, 0) is 0 Å². The predicted molar refractivity (Wildman–Crippen MR) is 348 cm³/mol. The molecule has 23 heteroatoms. The van der Waals surface area contributed by atoms with E-state index in [-0.39, 0.29) is 28.9 Å². The first-order valence-electron chi connectivity index (χ1n) is 30.9. The van der Waals surface area contributed by atoms with Crippen molar-refractivity contribution < 1.29 is 13.2 Å². The van der Waals surface area contributed by atoms with E-state index < -0.39 is 0 Å². The molecule has 0 radical (unpaired) electrons. The fraction of sp³-hybridized carbons (Fsp3) is 0.353. The van der Waals surface area contributed by atoms with Crippen LogP contribution in [-0.4, -0.2) is 157 Å². The van der Waals surface area contributed by atoms with Crippen LogP contribution in [0.15, 0.2) is 104 Å². The smallest absolute Gasteiger partial charge is 0.156 e. The highest BCUT2D eigenvalue weighted by molar-refractivity contribution is 5.88. The number of halogens is 3. The highest BCUT2D eigenvalue weighted by atomic mass is 19.1. The molecular weight excluding hydrogens is 1150 g/mol. The van der Waals surface area contributed by atoms with Crippen molar-refractivity contribution in [3.63, 3.8) is 0 Å². The molecule has 0 spiro atoms. The Morgan fingerprint density at radius 1 is 0.505 bits per heavy atom. The van der Waals surface area contributed by atoms with Crippen molar-refractivity contribution in [3.8, 4) is 33.8 Å². The molecule has 464 valence electrons. The SMILES string of the molecule is Cc1cn2nc(-c3cc(F)c4cc(C5C=CNCC5)nnc4c3)cc(C)c2n1.Cc1cn2nc(-c3cc(F)c4cc(N5CCC(C)(N(C)C)CC5)nnc4c3)cc(C)c2n1.Cc1cn2nc(-c3cc(F)c4cc(N5C[C@@H]6C(N(C)C)[C@@H]6C5)nnc4c3)cc(C)c2n1. The van der Waals surface area contributed by atoms with Gasteiger partial charge in [0.2, 0.25) is 0 Å². The maximum absolute atomic E-state index is 15.2. The molecule has 91 heavy (non-hydrogen) atoms. The Kier molecular flexibility index (Phi) is 14.9. The summed E-state index contributed by atoms with van der Waals surface area (Å²) >= 11 is 0. The van der Waals surface area contributed by atoms with Gasteiger partial charge >= 0.3 is 0 Å². The first kappa shape index (κ1) is 59.0.